The number of anilines is 2. The first-order valence-electron chi connectivity index (χ1n) is 5.59. The van der Waals surface area contributed by atoms with Gasteiger partial charge in [-0.25, -0.2) is 0 Å². The Balaban J connectivity index is 1.79. The molecule has 1 atom stereocenters. The predicted octanol–water partition coefficient (Wildman–Crippen LogP) is 1.72. The van der Waals surface area contributed by atoms with Gasteiger partial charge >= 0.3 is 0 Å². The van der Waals surface area contributed by atoms with E-state index in [1.54, 1.807) is 12.1 Å². The second-order valence-electron chi connectivity index (χ2n) is 4.47. The fourth-order valence-corrected chi connectivity index (χ4v) is 2.02. The van der Waals surface area contributed by atoms with Crippen molar-refractivity contribution in [1.82, 2.24) is 0 Å². The molecule has 1 aromatic carbocycles. The Morgan fingerprint density at radius 2 is 1.94 bits per heavy atom. The zero-order valence-electron chi connectivity index (χ0n) is 8.93. The lowest BCUT2D eigenvalue weighted by Gasteiger charge is -2.16. The maximum atomic E-state index is 11.8. The number of nitrogens with zero attached hydrogens (tertiary/aromatic N) is 1. The standard InChI is InChI=1S/C12H14N2O2/c13-9-3-5-10(6-4-9)14-12(15)7-11(16-14)8-1-2-8/h3-6,8,11H,1-2,7,13H2. The Bertz CT molecular complexity index is 412. The summed E-state index contributed by atoms with van der Waals surface area (Å²) in [4.78, 5) is 17.4. The van der Waals surface area contributed by atoms with Crippen LogP contribution in [0.1, 0.15) is 19.3 Å². The zero-order valence-corrected chi connectivity index (χ0v) is 8.93. The van der Waals surface area contributed by atoms with Crippen molar-refractivity contribution in [2.75, 3.05) is 10.8 Å². The molecule has 1 amide bonds. The molecule has 0 radical (unpaired) electrons. The Hall–Kier alpha value is -1.55. The smallest absolute Gasteiger partial charge is 0.253 e. The SMILES string of the molecule is Nc1ccc(N2OC(C3CC3)CC2=O)cc1. The van der Waals surface area contributed by atoms with Crippen molar-refractivity contribution in [2.24, 2.45) is 5.92 Å². The monoisotopic (exact) mass is 218 g/mol. The molecule has 1 aliphatic carbocycles. The zero-order chi connectivity index (χ0) is 11.1. The Morgan fingerprint density at radius 1 is 1.25 bits per heavy atom. The van der Waals surface area contributed by atoms with E-state index in [1.807, 2.05) is 12.1 Å². The van der Waals surface area contributed by atoms with Crippen molar-refractivity contribution >= 4 is 17.3 Å². The lowest BCUT2D eigenvalue weighted by Crippen LogP contribution is -2.23. The summed E-state index contributed by atoms with van der Waals surface area (Å²) in [5.41, 5.74) is 7.06. The summed E-state index contributed by atoms with van der Waals surface area (Å²) in [6, 6.07) is 7.16. The molecule has 1 aromatic rings. The summed E-state index contributed by atoms with van der Waals surface area (Å²) in [5, 5.41) is 1.41. The summed E-state index contributed by atoms with van der Waals surface area (Å²) in [5.74, 6) is 0.629. The van der Waals surface area contributed by atoms with Crippen LogP contribution in [0.2, 0.25) is 0 Å². The number of nitrogen functional groups attached to an aromatic ring is 1. The minimum Gasteiger partial charge on any atom is -0.399 e. The van der Waals surface area contributed by atoms with Gasteiger partial charge in [0.1, 0.15) is 0 Å². The molecule has 4 nitrogen and oxygen atoms in total. The van der Waals surface area contributed by atoms with Crippen molar-refractivity contribution in [2.45, 2.75) is 25.4 Å². The van der Waals surface area contributed by atoms with E-state index in [0.29, 0.717) is 18.0 Å². The van der Waals surface area contributed by atoms with Crippen molar-refractivity contribution in [3.05, 3.63) is 24.3 Å². The highest BCUT2D eigenvalue weighted by Crippen LogP contribution is 2.40. The second-order valence-corrected chi connectivity index (χ2v) is 4.47. The fraction of sp³-hybridized carbons (Fsp3) is 0.417. The van der Waals surface area contributed by atoms with Gasteiger partial charge in [0.05, 0.1) is 18.2 Å². The summed E-state index contributed by atoms with van der Waals surface area (Å²) < 4.78 is 0. The van der Waals surface area contributed by atoms with Gasteiger partial charge in [-0.05, 0) is 43.0 Å². The van der Waals surface area contributed by atoms with E-state index in [0.717, 1.165) is 5.69 Å². The first-order chi connectivity index (χ1) is 7.74. The Kier molecular flexibility index (Phi) is 2.11. The van der Waals surface area contributed by atoms with E-state index in [9.17, 15) is 4.79 Å². The van der Waals surface area contributed by atoms with Crippen LogP contribution in [0, 0.1) is 5.92 Å². The number of hydrogen-bond donors (Lipinski definition) is 1. The molecule has 84 valence electrons. The van der Waals surface area contributed by atoms with Crippen molar-refractivity contribution in [1.29, 1.82) is 0 Å². The molecule has 3 rings (SSSR count). The maximum Gasteiger partial charge on any atom is 0.253 e. The van der Waals surface area contributed by atoms with Crippen LogP contribution in [0.25, 0.3) is 0 Å². The highest BCUT2D eigenvalue weighted by atomic mass is 16.7. The summed E-state index contributed by atoms with van der Waals surface area (Å²) in [6.45, 7) is 0. The normalized spacial score (nSPS) is 25.1. The van der Waals surface area contributed by atoms with Crippen LogP contribution in [-0.4, -0.2) is 12.0 Å². The van der Waals surface area contributed by atoms with E-state index in [4.69, 9.17) is 10.6 Å². The maximum absolute atomic E-state index is 11.8. The van der Waals surface area contributed by atoms with E-state index < -0.39 is 0 Å². The third kappa shape index (κ3) is 1.65. The number of carbonyl (C=O) groups excluding carboxylic acids is 1. The van der Waals surface area contributed by atoms with Crippen LogP contribution in [0.3, 0.4) is 0 Å². The molecule has 2 aliphatic rings. The summed E-state index contributed by atoms with van der Waals surface area (Å²) >= 11 is 0. The topological polar surface area (TPSA) is 55.6 Å². The van der Waals surface area contributed by atoms with E-state index >= 15 is 0 Å². The highest BCUT2D eigenvalue weighted by molar-refractivity contribution is 5.93. The van der Waals surface area contributed by atoms with Crippen LogP contribution >= 0.6 is 0 Å². The average molecular weight is 218 g/mol. The van der Waals surface area contributed by atoms with Gasteiger partial charge in [0.25, 0.3) is 5.91 Å². The molecule has 1 unspecified atom stereocenters. The molecule has 1 aliphatic heterocycles. The molecular weight excluding hydrogens is 204 g/mol. The molecule has 0 spiro atoms. The van der Waals surface area contributed by atoms with Gasteiger partial charge < -0.3 is 5.73 Å². The lowest BCUT2D eigenvalue weighted by atomic mass is 10.2. The van der Waals surface area contributed by atoms with Gasteiger partial charge in [0.15, 0.2) is 0 Å². The number of benzene rings is 1. The fourth-order valence-electron chi connectivity index (χ4n) is 2.02. The van der Waals surface area contributed by atoms with Gasteiger partial charge in [-0.15, -0.1) is 0 Å². The minimum absolute atomic E-state index is 0.0432. The first kappa shape index (κ1) is 9.66. The third-order valence-electron chi connectivity index (χ3n) is 3.12. The van der Waals surface area contributed by atoms with Gasteiger partial charge in [-0.3, -0.25) is 9.63 Å². The van der Waals surface area contributed by atoms with Gasteiger partial charge in [-0.1, -0.05) is 0 Å². The molecule has 2 fully saturated rings. The second kappa shape index (κ2) is 3.49. The molecule has 1 saturated heterocycles. The van der Waals surface area contributed by atoms with Gasteiger partial charge in [-0.2, -0.15) is 5.06 Å². The van der Waals surface area contributed by atoms with Crippen molar-refractivity contribution in [3.8, 4) is 0 Å². The van der Waals surface area contributed by atoms with Crippen LogP contribution in [0.4, 0.5) is 11.4 Å². The Labute approximate surface area is 93.9 Å². The molecule has 1 saturated carbocycles. The van der Waals surface area contributed by atoms with Crippen LogP contribution < -0.4 is 10.8 Å². The minimum atomic E-state index is 0.0432. The quantitative estimate of drug-likeness (QED) is 0.769. The summed E-state index contributed by atoms with van der Waals surface area (Å²) in [7, 11) is 0. The average Bonchev–Trinajstić information content (AvgIpc) is 3.04. The van der Waals surface area contributed by atoms with Gasteiger partial charge in [0, 0.05) is 5.69 Å². The molecule has 0 aromatic heterocycles. The van der Waals surface area contributed by atoms with Crippen molar-refractivity contribution in [3.63, 3.8) is 0 Å². The predicted molar refractivity (Wildman–Crippen MR) is 60.6 cm³/mol. The van der Waals surface area contributed by atoms with Crippen molar-refractivity contribution < 1.29 is 9.63 Å². The van der Waals surface area contributed by atoms with E-state index in [2.05, 4.69) is 0 Å². The number of hydroxylamine groups is 1. The third-order valence-corrected chi connectivity index (χ3v) is 3.12. The largest absolute Gasteiger partial charge is 0.399 e. The number of amides is 1. The lowest BCUT2D eigenvalue weighted by molar-refractivity contribution is -0.119. The number of rotatable bonds is 2. The molecule has 4 heteroatoms. The molecule has 1 heterocycles. The van der Waals surface area contributed by atoms with Crippen LogP contribution in [-0.2, 0) is 9.63 Å². The number of carbonyl (C=O) groups is 1. The molecule has 16 heavy (non-hydrogen) atoms. The molecular formula is C12H14N2O2. The van der Waals surface area contributed by atoms with Crippen LogP contribution in [0.15, 0.2) is 24.3 Å². The first-order valence-corrected chi connectivity index (χ1v) is 5.59. The van der Waals surface area contributed by atoms with E-state index in [-0.39, 0.29) is 12.0 Å². The number of nitrogens with two attached hydrogens (primary N) is 1. The van der Waals surface area contributed by atoms with E-state index in [1.165, 1.54) is 17.9 Å². The van der Waals surface area contributed by atoms with Crippen LogP contribution in [0.5, 0.6) is 0 Å². The summed E-state index contributed by atoms with van der Waals surface area (Å²) in [6.07, 6.45) is 2.97. The van der Waals surface area contributed by atoms with Gasteiger partial charge in [0.2, 0.25) is 0 Å². The highest BCUT2D eigenvalue weighted by Gasteiger charge is 2.41. The number of hydrogen-bond acceptors (Lipinski definition) is 3. The molecule has 0 bridgehead atoms. The Morgan fingerprint density at radius 3 is 2.56 bits per heavy atom. The molecule has 2 N–H and O–H groups in total.